The van der Waals surface area contributed by atoms with E-state index in [0.29, 0.717) is 23.5 Å². The van der Waals surface area contributed by atoms with Gasteiger partial charge in [-0.1, -0.05) is 19.3 Å². The highest BCUT2D eigenvalue weighted by Crippen LogP contribution is 2.29. The predicted octanol–water partition coefficient (Wildman–Crippen LogP) is 4.36. The molecule has 156 valence electrons. The molecule has 0 saturated heterocycles. The van der Waals surface area contributed by atoms with Crippen LogP contribution in [0, 0.1) is 0 Å². The van der Waals surface area contributed by atoms with E-state index in [1.165, 1.54) is 11.3 Å². The van der Waals surface area contributed by atoms with Gasteiger partial charge in [0.15, 0.2) is 0 Å². The minimum absolute atomic E-state index is 0.134. The molecular weight excluding hydrogens is 370 g/mol. The molecule has 3 rings (SSSR count). The van der Waals surface area contributed by atoms with Crippen LogP contribution in [0.1, 0.15) is 48.0 Å². The first-order valence-electron chi connectivity index (χ1n) is 9.98. The smallest absolute Gasteiger partial charge is 0.322 e. The average molecular weight is 399 g/mol. The highest BCUT2D eigenvalue weighted by atomic mass is 16.5. The van der Waals surface area contributed by atoms with Crippen molar-refractivity contribution in [2.75, 3.05) is 26.5 Å². The van der Waals surface area contributed by atoms with E-state index in [0.717, 1.165) is 31.2 Å². The van der Waals surface area contributed by atoms with E-state index >= 15 is 0 Å². The number of rotatable bonds is 6. The molecule has 0 bridgehead atoms. The predicted molar refractivity (Wildman–Crippen MR) is 111 cm³/mol. The van der Waals surface area contributed by atoms with Crippen LogP contribution in [-0.2, 0) is 6.54 Å². The Bertz CT molecular complexity index is 827. The maximum Gasteiger partial charge on any atom is 0.322 e. The zero-order valence-corrected chi connectivity index (χ0v) is 17.3. The Hall–Kier alpha value is -2.96. The molecule has 2 aromatic rings. The monoisotopic (exact) mass is 399 g/mol. The number of anilines is 1. The number of benzene rings is 1. The van der Waals surface area contributed by atoms with Crippen molar-refractivity contribution in [2.45, 2.75) is 44.7 Å². The zero-order valence-electron chi connectivity index (χ0n) is 17.3. The van der Waals surface area contributed by atoms with Crippen LogP contribution in [0.2, 0.25) is 0 Å². The molecule has 1 heterocycles. The van der Waals surface area contributed by atoms with E-state index < -0.39 is 0 Å². The fourth-order valence-electron chi connectivity index (χ4n) is 3.72. The molecule has 7 heteroatoms. The molecule has 1 saturated carbocycles. The lowest BCUT2D eigenvalue weighted by Gasteiger charge is -2.34. The molecular formula is C22H29N3O4. The second-order valence-corrected chi connectivity index (χ2v) is 7.60. The Kier molecular flexibility index (Phi) is 6.80. The second-order valence-electron chi connectivity index (χ2n) is 7.60. The number of hydrogen-bond donors (Lipinski definition) is 1. The number of carbonyl (C=O) groups is 2. The van der Waals surface area contributed by atoms with Crippen LogP contribution in [0.4, 0.5) is 10.5 Å². The summed E-state index contributed by atoms with van der Waals surface area (Å²) >= 11 is 0. The number of furan rings is 1. The fraction of sp³-hybridized carbons (Fsp3) is 0.455. The van der Waals surface area contributed by atoms with E-state index in [2.05, 4.69) is 5.32 Å². The summed E-state index contributed by atoms with van der Waals surface area (Å²) in [5.74, 6) is 0.381. The molecule has 1 aromatic heterocycles. The molecule has 0 unspecified atom stereocenters. The number of hydrogen-bond acceptors (Lipinski definition) is 4. The van der Waals surface area contributed by atoms with Crippen LogP contribution >= 0.6 is 0 Å². The molecule has 1 aliphatic rings. The number of amides is 3. The summed E-state index contributed by atoms with van der Waals surface area (Å²) in [7, 11) is 4.93. The SMILES string of the molecule is COc1ccc(C(=O)N(C)C)cc1NC(=O)N(Cc1ccoc1)C1CCCCC1. The fourth-order valence-corrected chi connectivity index (χ4v) is 3.72. The zero-order chi connectivity index (χ0) is 20.8. The molecule has 0 radical (unpaired) electrons. The van der Waals surface area contributed by atoms with Crippen LogP contribution < -0.4 is 10.1 Å². The van der Waals surface area contributed by atoms with E-state index in [9.17, 15) is 9.59 Å². The van der Waals surface area contributed by atoms with Gasteiger partial charge in [0, 0.05) is 31.3 Å². The summed E-state index contributed by atoms with van der Waals surface area (Å²) in [4.78, 5) is 28.9. The molecule has 0 atom stereocenters. The Morgan fingerprint density at radius 1 is 1.17 bits per heavy atom. The van der Waals surface area contributed by atoms with Gasteiger partial charge in [-0.15, -0.1) is 0 Å². The van der Waals surface area contributed by atoms with Crippen LogP contribution in [0.3, 0.4) is 0 Å². The lowest BCUT2D eigenvalue weighted by atomic mass is 9.94. The van der Waals surface area contributed by atoms with Gasteiger partial charge in [-0.25, -0.2) is 4.79 Å². The van der Waals surface area contributed by atoms with Crippen molar-refractivity contribution in [3.63, 3.8) is 0 Å². The van der Waals surface area contributed by atoms with Gasteiger partial charge in [0.05, 0.1) is 31.9 Å². The Morgan fingerprint density at radius 2 is 1.93 bits per heavy atom. The Balaban J connectivity index is 1.84. The van der Waals surface area contributed by atoms with Crippen molar-refractivity contribution >= 4 is 17.6 Å². The van der Waals surface area contributed by atoms with Gasteiger partial charge in [0.25, 0.3) is 5.91 Å². The molecule has 0 spiro atoms. The minimum Gasteiger partial charge on any atom is -0.495 e. The third kappa shape index (κ3) is 5.10. The third-order valence-electron chi connectivity index (χ3n) is 5.30. The Labute approximate surface area is 171 Å². The summed E-state index contributed by atoms with van der Waals surface area (Å²) in [6, 6.07) is 6.91. The van der Waals surface area contributed by atoms with Crippen molar-refractivity contribution < 1.29 is 18.7 Å². The second kappa shape index (κ2) is 9.49. The van der Waals surface area contributed by atoms with Gasteiger partial charge in [-0.3, -0.25) is 4.79 Å². The van der Waals surface area contributed by atoms with Gasteiger partial charge in [-0.2, -0.15) is 0 Å². The first kappa shape index (κ1) is 20.8. The van der Waals surface area contributed by atoms with E-state index in [1.54, 1.807) is 51.9 Å². The van der Waals surface area contributed by atoms with E-state index in [4.69, 9.17) is 9.15 Å². The maximum absolute atomic E-state index is 13.3. The largest absolute Gasteiger partial charge is 0.495 e. The highest BCUT2D eigenvalue weighted by molar-refractivity contribution is 5.97. The molecule has 0 aliphatic heterocycles. The molecule has 1 aromatic carbocycles. The van der Waals surface area contributed by atoms with Crippen LogP contribution in [0.15, 0.2) is 41.2 Å². The molecule has 3 amide bonds. The van der Waals surface area contributed by atoms with Crippen LogP contribution in [0.5, 0.6) is 5.75 Å². The first-order chi connectivity index (χ1) is 14.0. The summed E-state index contributed by atoms with van der Waals surface area (Å²) in [6.07, 6.45) is 8.71. The van der Waals surface area contributed by atoms with E-state index in [1.807, 2.05) is 11.0 Å². The number of methoxy groups -OCH3 is 1. The minimum atomic E-state index is -0.203. The van der Waals surface area contributed by atoms with Crippen molar-refractivity contribution in [3.8, 4) is 5.75 Å². The first-order valence-corrected chi connectivity index (χ1v) is 9.98. The van der Waals surface area contributed by atoms with Crippen molar-refractivity contribution in [2.24, 2.45) is 0 Å². The number of ether oxygens (including phenoxy) is 1. The molecule has 1 N–H and O–H groups in total. The van der Waals surface area contributed by atoms with Crippen LogP contribution in [-0.4, -0.2) is 49.0 Å². The van der Waals surface area contributed by atoms with Crippen molar-refractivity contribution in [3.05, 3.63) is 47.9 Å². The average Bonchev–Trinajstić information content (AvgIpc) is 3.25. The normalized spacial score (nSPS) is 14.3. The number of nitrogens with one attached hydrogen (secondary N) is 1. The lowest BCUT2D eigenvalue weighted by Crippen LogP contribution is -2.43. The van der Waals surface area contributed by atoms with Gasteiger partial charge in [0.2, 0.25) is 0 Å². The lowest BCUT2D eigenvalue weighted by molar-refractivity contribution is 0.0827. The van der Waals surface area contributed by atoms with Gasteiger partial charge < -0.3 is 24.3 Å². The number of urea groups is 1. The number of carbonyl (C=O) groups excluding carboxylic acids is 2. The molecule has 1 aliphatic carbocycles. The van der Waals surface area contributed by atoms with Crippen LogP contribution in [0.25, 0.3) is 0 Å². The summed E-state index contributed by atoms with van der Waals surface area (Å²) in [5.41, 5.74) is 1.93. The highest BCUT2D eigenvalue weighted by Gasteiger charge is 2.27. The molecule has 7 nitrogen and oxygen atoms in total. The molecule has 29 heavy (non-hydrogen) atoms. The molecule has 1 fully saturated rings. The Morgan fingerprint density at radius 3 is 2.55 bits per heavy atom. The topological polar surface area (TPSA) is 75.0 Å². The van der Waals surface area contributed by atoms with Gasteiger partial charge in [0.1, 0.15) is 5.75 Å². The van der Waals surface area contributed by atoms with E-state index in [-0.39, 0.29) is 18.0 Å². The van der Waals surface area contributed by atoms with Gasteiger partial charge >= 0.3 is 6.03 Å². The standard InChI is InChI=1S/C22H29N3O4/c1-24(2)21(26)17-9-10-20(28-3)19(13-17)23-22(27)25(14-16-11-12-29-15-16)18-7-5-4-6-8-18/h9-13,15,18H,4-8,14H2,1-3H3,(H,23,27). The van der Waals surface area contributed by atoms with Crippen molar-refractivity contribution in [1.82, 2.24) is 9.80 Å². The third-order valence-corrected chi connectivity index (χ3v) is 5.30. The summed E-state index contributed by atoms with van der Waals surface area (Å²) < 4.78 is 10.6. The summed E-state index contributed by atoms with van der Waals surface area (Å²) in [6.45, 7) is 0.478. The van der Waals surface area contributed by atoms with Crippen molar-refractivity contribution in [1.29, 1.82) is 0 Å². The quantitative estimate of drug-likeness (QED) is 0.783. The maximum atomic E-state index is 13.3. The van der Waals surface area contributed by atoms with Gasteiger partial charge in [-0.05, 0) is 37.1 Å². The summed E-state index contributed by atoms with van der Waals surface area (Å²) in [5, 5.41) is 2.97. The number of nitrogens with zero attached hydrogens (tertiary/aromatic N) is 2.